The molecule has 0 saturated heterocycles. The van der Waals surface area contributed by atoms with Crippen LogP contribution in [-0.4, -0.2) is 9.55 Å². The maximum Gasteiger partial charge on any atom is 0.258 e. The number of hydrogen-bond donors (Lipinski definition) is 0. The van der Waals surface area contributed by atoms with Crippen molar-refractivity contribution >= 4 is 43.4 Å². The summed E-state index contributed by atoms with van der Waals surface area (Å²) in [5.41, 5.74) is 8.34. The molecule has 0 bridgehead atoms. The largest absolute Gasteiger partial charge is 0.308 e. The monoisotopic (exact) mass is 556 g/mol. The molecule has 3 nitrogen and oxygen atoms in total. The summed E-state index contributed by atoms with van der Waals surface area (Å²) in [6.07, 6.45) is 7.44. The molecule has 0 N–H and O–H groups in total. The molecular formula is C39H44N2O. The van der Waals surface area contributed by atoms with Gasteiger partial charge in [0.05, 0.1) is 11.0 Å². The average molecular weight is 557 g/mol. The second-order valence-corrected chi connectivity index (χ2v) is 12.1. The molecule has 0 aliphatic carbocycles. The van der Waals surface area contributed by atoms with Crippen LogP contribution < -0.4 is 5.56 Å². The quantitative estimate of drug-likeness (QED) is 0.145. The maximum atomic E-state index is 13.1. The van der Waals surface area contributed by atoms with Gasteiger partial charge in [0.15, 0.2) is 0 Å². The molecule has 0 fully saturated rings. The number of rotatable bonds is 7. The summed E-state index contributed by atoms with van der Waals surface area (Å²) in [5.74, 6) is 0. The van der Waals surface area contributed by atoms with Crippen LogP contribution >= 0.6 is 0 Å². The summed E-state index contributed by atoms with van der Waals surface area (Å²) in [5, 5.41) is 6.92. The van der Waals surface area contributed by atoms with Gasteiger partial charge < -0.3 is 4.57 Å². The van der Waals surface area contributed by atoms with E-state index >= 15 is 0 Å². The Hall–Kier alpha value is -3.98. The lowest BCUT2D eigenvalue weighted by Gasteiger charge is -2.14. The number of aryl methyl sites for hydroxylation is 6. The molecule has 2 heterocycles. The third-order valence-electron chi connectivity index (χ3n) is 8.42. The molecule has 2 aromatic heterocycles. The van der Waals surface area contributed by atoms with E-state index in [0.717, 1.165) is 46.0 Å². The zero-order chi connectivity index (χ0) is 29.8. The summed E-state index contributed by atoms with van der Waals surface area (Å²) in [4.78, 5) is 17.8. The lowest BCUT2D eigenvalue weighted by Crippen LogP contribution is -2.21. The highest BCUT2D eigenvalue weighted by atomic mass is 16.1. The van der Waals surface area contributed by atoms with E-state index < -0.39 is 0 Å². The summed E-state index contributed by atoms with van der Waals surface area (Å²) in [6, 6.07) is 25.8. The summed E-state index contributed by atoms with van der Waals surface area (Å²) >= 11 is 0. The van der Waals surface area contributed by atoms with Gasteiger partial charge >= 0.3 is 0 Å². The van der Waals surface area contributed by atoms with E-state index in [1.54, 1.807) is 0 Å². The SMILES string of the molecule is CCCCCCCCn1c(=O)c2cc(C)ccc2c2ccc(C)cc21.Cc1ccc2c(c1)nc(C)c1cc(C)ccc12. The van der Waals surface area contributed by atoms with Crippen molar-refractivity contribution in [1.29, 1.82) is 0 Å². The van der Waals surface area contributed by atoms with E-state index in [4.69, 9.17) is 4.98 Å². The molecule has 3 heteroatoms. The van der Waals surface area contributed by atoms with Gasteiger partial charge in [0.1, 0.15) is 0 Å². The zero-order valence-electron chi connectivity index (χ0n) is 26.2. The van der Waals surface area contributed by atoms with E-state index in [9.17, 15) is 4.79 Å². The minimum atomic E-state index is 0.158. The first-order valence-corrected chi connectivity index (χ1v) is 15.6. The molecule has 216 valence electrons. The fourth-order valence-corrected chi connectivity index (χ4v) is 6.08. The number of pyridine rings is 2. The Balaban J connectivity index is 0.000000180. The first kappa shape index (κ1) is 29.5. The molecule has 6 aromatic rings. The third kappa shape index (κ3) is 6.26. The number of benzene rings is 4. The number of nitrogens with zero attached hydrogens (tertiary/aromatic N) is 2. The normalized spacial score (nSPS) is 11.4. The Kier molecular flexibility index (Phi) is 9.06. The van der Waals surface area contributed by atoms with Gasteiger partial charge in [-0.2, -0.15) is 0 Å². The van der Waals surface area contributed by atoms with E-state index in [0.29, 0.717) is 0 Å². The number of hydrogen-bond acceptors (Lipinski definition) is 2. The summed E-state index contributed by atoms with van der Waals surface area (Å²) in [6.45, 7) is 13.5. The molecule has 42 heavy (non-hydrogen) atoms. The van der Waals surface area contributed by atoms with Crippen molar-refractivity contribution in [3.63, 3.8) is 0 Å². The first-order chi connectivity index (χ1) is 20.3. The van der Waals surface area contributed by atoms with Crippen LogP contribution in [0.3, 0.4) is 0 Å². The molecule has 0 aliphatic heterocycles. The summed E-state index contributed by atoms with van der Waals surface area (Å²) < 4.78 is 2.00. The molecule has 0 amide bonds. The first-order valence-electron chi connectivity index (χ1n) is 15.6. The van der Waals surface area contributed by atoms with Crippen molar-refractivity contribution in [3.05, 3.63) is 111 Å². The van der Waals surface area contributed by atoms with Gasteiger partial charge in [-0.1, -0.05) is 98.7 Å². The molecule has 0 radical (unpaired) electrons. The minimum Gasteiger partial charge on any atom is -0.308 e. The number of fused-ring (bicyclic) bond motifs is 6. The van der Waals surface area contributed by atoms with E-state index in [-0.39, 0.29) is 5.56 Å². The van der Waals surface area contributed by atoms with Crippen LogP contribution in [0, 0.1) is 34.6 Å². The Labute approximate surface area is 250 Å². The molecule has 0 unspecified atom stereocenters. The predicted octanol–water partition coefficient (Wildman–Crippen LogP) is 10.4. The standard InChI is InChI=1S/C23H29NO.C16H15N/c1-4-5-6-7-8-9-14-24-22-16-18(3)11-13-20(22)19-12-10-17(2)15-21(19)23(24)25;1-10-4-6-13-14-7-5-11(2)9-16(14)17-12(3)15(13)8-10/h10-13,15-16H,4-9,14H2,1-3H3;4-9H,1-3H3. The average Bonchev–Trinajstić information content (AvgIpc) is 2.97. The smallest absolute Gasteiger partial charge is 0.258 e. The third-order valence-corrected chi connectivity index (χ3v) is 8.42. The molecular weight excluding hydrogens is 512 g/mol. The van der Waals surface area contributed by atoms with Crippen molar-refractivity contribution in [2.24, 2.45) is 0 Å². The van der Waals surface area contributed by atoms with E-state index in [2.05, 4.69) is 108 Å². The second-order valence-electron chi connectivity index (χ2n) is 12.1. The molecule has 6 rings (SSSR count). The van der Waals surface area contributed by atoms with Crippen LogP contribution in [-0.2, 0) is 6.54 Å². The minimum absolute atomic E-state index is 0.158. The van der Waals surface area contributed by atoms with Gasteiger partial charge in [-0.05, 0) is 87.2 Å². The van der Waals surface area contributed by atoms with E-state index in [1.165, 1.54) is 70.3 Å². The van der Waals surface area contributed by atoms with Crippen molar-refractivity contribution < 1.29 is 0 Å². The van der Waals surface area contributed by atoms with Crippen LogP contribution in [0.5, 0.6) is 0 Å². The lowest BCUT2D eigenvalue weighted by molar-refractivity contribution is 0.559. The topological polar surface area (TPSA) is 34.9 Å². The molecule has 0 aliphatic rings. The predicted molar refractivity (Wildman–Crippen MR) is 182 cm³/mol. The Morgan fingerprint density at radius 1 is 0.548 bits per heavy atom. The fraction of sp³-hybridized carbons (Fsp3) is 0.333. The number of aromatic nitrogens is 2. The Bertz CT molecular complexity index is 1950. The Morgan fingerprint density at radius 3 is 1.76 bits per heavy atom. The van der Waals surface area contributed by atoms with Crippen LogP contribution in [0.4, 0.5) is 0 Å². The van der Waals surface area contributed by atoms with E-state index in [1.807, 2.05) is 10.6 Å². The highest BCUT2D eigenvalue weighted by Crippen LogP contribution is 2.28. The zero-order valence-corrected chi connectivity index (χ0v) is 26.2. The lowest BCUT2D eigenvalue weighted by atomic mass is 10.0. The molecule has 0 saturated carbocycles. The van der Waals surface area contributed by atoms with Crippen molar-refractivity contribution in [3.8, 4) is 0 Å². The summed E-state index contributed by atoms with van der Waals surface area (Å²) in [7, 11) is 0. The number of unbranched alkanes of at least 4 members (excludes halogenated alkanes) is 5. The Morgan fingerprint density at radius 2 is 1.07 bits per heavy atom. The van der Waals surface area contributed by atoms with Gasteiger partial charge in [0.2, 0.25) is 0 Å². The molecule has 4 aromatic carbocycles. The van der Waals surface area contributed by atoms with Crippen LogP contribution in [0.2, 0.25) is 0 Å². The maximum absolute atomic E-state index is 13.1. The van der Waals surface area contributed by atoms with Crippen LogP contribution in [0.25, 0.3) is 43.4 Å². The van der Waals surface area contributed by atoms with Gasteiger partial charge in [-0.15, -0.1) is 0 Å². The van der Waals surface area contributed by atoms with Crippen molar-refractivity contribution in [1.82, 2.24) is 9.55 Å². The highest BCUT2D eigenvalue weighted by molar-refractivity contribution is 6.07. The van der Waals surface area contributed by atoms with Gasteiger partial charge in [-0.25, -0.2) is 0 Å². The second kappa shape index (κ2) is 12.9. The molecule has 0 atom stereocenters. The van der Waals surface area contributed by atoms with Gasteiger partial charge in [-0.3, -0.25) is 9.78 Å². The van der Waals surface area contributed by atoms with Crippen LogP contribution in [0.15, 0.2) is 77.6 Å². The van der Waals surface area contributed by atoms with Gasteiger partial charge in [0.25, 0.3) is 5.56 Å². The fourth-order valence-electron chi connectivity index (χ4n) is 6.08. The van der Waals surface area contributed by atoms with Crippen molar-refractivity contribution in [2.45, 2.75) is 86.6 Å². The highest BCUT2D eigenvalue weighted by Gasteiger charge is 2.11. The molecule has 0 spiro atoms. The van der Waals surface area contributed by atoms with Crippen molar-refractivity contribution in [2.75, 3.05) is 0 Å². The van der Waals surface area contributed by atoms with Gasteiger partial charge in [0, 0.05) is 33.8 Å². The van der Waals surface area contributed by atoms with Crippen LogP contribution in [0.1, 0.15) is 73.4 Å².